The predicted octanol–water partition coefficient (Wildman–Crippen LogP) is 1.54. The number of nitrogens with zero attached hydrogens (tertiary/aromatic N) is 4. The molecule has 3 rings (SSSR count). The van der Waals surface area contributed by atoms with E-state index in [0.717, 1.165) is 11.3 Å². The Morgan fingerprint density at radius 2 is 2.06 bits per heavy atom. The van der Waals surface area contributed by atoms with Crippen LogP contribution in [0.1, 0.15) is 17.0 Å². The molecule has 5 N–H and O–H groups in total. The molecule has 3 aromatic rings. The lowest BCUT2D eigenvalue weighted by Crippen LogP contribution is -2.83. The summed E-state index contributed by atoms with van der Waals surface area (Å²) in [5, 5.41) is 4.55. The van der Waals surface area contributed by atoms with Gasteiger partial charge in [-0.3, -0.25) is 14.3 Å². The molecule has 0 aliphatic heterocycles. The van der Waals surface area contributed by atoms with E-state index in [1.54, 1.807) is 12.1 Å². The van der Waals surface area contributed by atoms with Crippen LogP contribution in [-0.4, -0.2) is 32.6 Å². The molecule has 0 atom stereocenters. The SMILES string of the molecule is Cc1nc(N)ccc1C[NH2+]CCn1c(Cl)cnc(NCC(F)(F)c2ccccn2)c1=O. The molecule has 0 amide bonds. The van der Waals surface area contributed by atoms with Gasteiger partial charge in [0, 0.05) is 17.5 Å². The number of hydrogen-bond acceptors (Lipinski definition) is 6. The second kappa shape index (κ2) is 9.80. The van der Waals surface area contributed by atoms with Crippen LogP contribution in [0.3, 0.4) is 0 Å². The Balaban J connectivity index is 1.62. The maximum atomic E-state index is 14.3. The fourth-order valence-electron chi connectivity index (χ4n) is 2.96. The Labute approximate surface area is 182 Å². The van der Waals surface area contributed by atoms with Gasteiger partial charge in [0.1, 0.15) is 23.2 Å². The number of alkyl halides is 2. The summed E-state index contributed by atoms with van der Waals surface area (Å²) in [6, 6.07) is 7.89. The van der Waals surface area contributed by atoms with Gasteiger partial charge >= 0.3 is 5.92 Å². The lowest BCUT2D eigenvalue weighted by Gasteiger charge is -2.17. The number of hydrogen-bond donors (Lipinski definition) is 3. The summed E-state index contributed by atoms with van der Waals surface area (Å²) in [7, 11) is 0. The molecule has 0 unspecified atom stereocenters. The Kier molecular flexibility index (Phi) is 7.13. The number of anilines is 2. The molecule has 0 saturated carbocycles. The second-order valence-electron chi connectivity index (χ2n) is 6.92. The molecule has 0 aromatic carbocycles. The fraction of sp³-hybridized carbons (Fsp3) is 0.300. The van der Waals surface area contributed by atoms with Gasteiger partial charge in [-0.05, 0) is 31.2 Å². The molecule has 3 aromatic heterocycles. The number of nitrogens with one attached hydrogen (secondary N) is 1. The minimum absolute atomic E-state index is 0.130. The summed E-state index contributed by atoms with van der Waals surface area (Å²) in [6.45, 7) is 2.54. The molecule has 0 spiro atoms. The summed E-state index contributed by atoms with van der Waals surface area (Å²) in [6.07, 6.45) is 2.55. The van der Waals surface area contributed by atoms with Crippen LogP contribution in [0.15, 0.2) is 47.5 Å². The minimum atomic E-state index is -3.27. The number of quaternary nitrogens is 1. The zero-order valence-corrected chi connectivity index (χ0v) is 17.6. The quantitative estimate of drug-likeness (QED) is 0.426. The third-order valence-electron chi connectivity index (χ3n) is 4.66. The average molecular weight is 451 g/mol. The van der Waals surface area contributed by atoms with Crippen molar-refractivity contribution in [2.45, 2.75) is 25.9 Å². The maximum Gasteiger partial charge on any atom is 0.306 e. The summed E-state index contributed by atoms with van der Waals surface area (Å²) in [5.74, 6) is -3.00. The number of aryl methyl sites for hydroxylation is 1. The number of halogens is 3. The summed E-state index contributed by atoms with van der Waals surface area (Å²) < 4.78 is 29.9. The largest absolute Gasteiger partial charge is 0.384 e. The minimum Gasteiger partial charge on any atom is -0.384 e. The van der Waals surface area contributed by atoms with Gasteiger partial charge in [-0.1, -0.05) is 17.7 Å². The highest BCUT2D eigenvalue weighted by Crippen LogP contribution is 2.25. The molecule has 31 heavy (non-hydrogen) atoms. The van der Waals surface area contributed by atoms with Crippen LogP contribution < -0.4 is 21.9 Å². The van der Waals surface area contributed by atoms with Crippen molar-refractivity contribution in [2.24, 2.45) is 0 Å². The number of nitrogen functional groups attached to an aromatic ring is 1. The summed E-state index contributed by atoms with van der Waals surface area (Å²) >= 11 is 6.10. The van der Waals surface area contributed by atoms with E-state index >= 15 is 0 Å². The van der Waals surface area contributed by atoms with E-state index < -0.39 is 18.0 Å². The van der Waals surface area contributed by atoms with Gasteiger partial charge in [-0.15, -0.1) is 0 Å². The highest BCUT2D eigenvalue weighted by molar-refractivity contribution is 6.29. The van der Waals surface area contributed by atoms with E-state index in [2.05, 4.69) is 20.3 Å². The summed E-state index contributed by atoms with van der Waals surface area (Å²) in [5.41, 5.74) is 6.57. The highest BCUT2D eigenvalue weighted by Gasteiger charge is 2.33. The molecule has 0 saturated heterocycles. The number of aromatic nitrogens is 4. The van der Waals surface area contributed by atoms with Gasteiger partial charge in [0.25, 0.3) is 5.56 Å². The monoisotopic (exact) mass is 450 g/mol. The fourth-order valence-corrected chi connectivity index (χ4v) is 3.17. The van der Waals surface area contributed by atoms with Crippen molar-refractivity contribution in [1.82, 2.24) is 19.5 Å². The Morgan fingerprint density at radius 3 is 2.77 bits per heavy atom. The first-order valence-corrected chi connectivity index (χ1v) is 9.98. The molecule has 8 nitrogen and oxygen atoms in total. The van der Waals surface area contributed by atoms with Crippen molar-refractivity contribution in [3.8, 4) is 0 Å². The molecule has 3 heterocycles. The Bertz CT molecular complexity index is 1090. The van der Waals surface area contributed by atoms with Crippen LogP contribution in [0, 0.1) is 6.92 Å². The third kappa shape index (κ3) is 5.74. The molecule has 0 aliphatic rings. The first kappa shape index (κ1) is 22.6. The van der Waals surface area contributed by atoms with E-state index in [9.17, 15) is 13.6 Å². The average Bonchev–Trinajstić information content (AvgIpc) is 2.74. The predicted molar refractivity (Wildman–Crippen MR) is 114 cm³/mol. The molecule has 164 valence electrons. The number of pyridine rings is 2. The third-order valence-corrected chi connectivity index (χ3v) is 4.96. The van der Waals surface area contributed by atoms with Gasteiger partial charge in [-0.2, -0.15) is 8.78 Å². The van der Waals surface area contributed by atoms with E-state index in [1.165, 1.54) is 29.1 Å². The Morgan fingerprint density at radius 1 is 1.26 bits per heavy atom. The lowest BCUT2D eigenvalue weighted by molar-refractivity contribution is -0.671. The molecule has 0 aliphatic carbocycles. The van der Waals surface area contributed by atoms with Crippen LogP contribution in [0.4, 0.5) is 20.4 Å². The van der Waals surface area contributed by atoms with Gasteiger partial charge < -0.3 is 16.4 Å². The first-order chi connectivity index (χ1) is 14.8. The van der Waals surface area contributed by atoms with E-state index in [4.69, 9.17) is 17.3 Å². The molecule has 0 fully saturated rings. The standard InChI is InChI=1S/C20H22ClF2N7O/c1-13-14(5-6-17(24)29-13)10-25-8-9-30-16(21)11-27-18(19(30)31)28-12-20(22,23)15-4-2-3-7-26-15/h2-7,11,25H,8-10,12H2,1H3,(H2,24,29)(H,27,28)/p+1. The second-order valence-corrected chi connectivity index (χ2v) is 7.31. The van der Waals surface area contributed by atoms with Crippen LogP contribution >= 0.6 is 11.6 Å². The van der Waals surface area contributed by atoms with Crippen molar-refractivity contribution in [3.63, 3.8) is 0 Å². The van der Waals surface area contributed by atoms with Crippen LogP contribution in [0.2, 0.25) is 5.15 Å². The summed E-state index contributed by atoms with van der Waals surface area (Å²) in [4.78, 5) is 24.4. The lowest BCUT2D eigenvalue weighted by atomic mass is 10.2. The van der Waals surface area contributed by atoms with Crippen molar-refractivity contribution in [1.29, 1.82) is 0 Å². The highest BCUT2D eigenvalue weighted by atomic mass is 35.5. The van der Waals surface area contributed by atoms with Gasteiger partial charge in [0.2, 0.25) is 0 Å². The maximum absolute atomic E-state index is 14.3. The van der Waals surface area contributed by atoms with Gasteiger partial charge in [-0.25, -0.2) is 9.97 Å². The smallest absolute Gasteiger partial charge is 0.306 e. The molecule has 0 radical (unpaired) electrons. The van der Waals surface area contributed by atoms with E-state index in [1.807, 2.05) is 18.3 Å². The Hall–Kier alpha value is -3.11. The molecule has 11 heteroatoms. The first-order valence-electron chi connectivity index (χ1n) is 9.60. The van der Waals surface area contributed by atoms with Crippen LogP contribution in [0.5, 0.6) is 0 Å². The zero-order valence-electron chi connectivity index (χ0n) is 16.9. The van der Waals surface area contributed by atoms with Gasteiger partial charge in [0.05, 0.1) is 25.8 Å². The van der Waals surface area contributed by atoms with E-state index in [-0.39, 0.29) is 23.2 Å². The van der Waals surface area contributed by atoms with Crippen molar-refractivity contribution < 1.29 is 14.1 Å². The van der Waals surface area contributed by atoms with Crippen molar-refractivity contribution in [2.75, 3.05) is 24.1 Å². The van der Waals surface area contributed by atoms with Crippen molar-refractivity contribution in [3.05, 3.63) is 75.2 Å². The molecule has 0 bridgehead atoms. The van der Waals surface area contributed by atoms with E-state index in [0.29, 0.717) is 18.9 Å². The van der Waals surface area contributed by atoms with Crippen LogP contribution in [0.25, 0.3) is 0 Å². The molecular weight excluding hydrogens is 428 g/mol. The topological polar surface area (TPSA) is 115 Å². The zero-order chi connectivity index (χ0) is 22.4. The van der Waals surface area contributed by atoms with Gasteiger partial charge in [0.15, 0.2) is 5.82 Å². The number of nitrogens with two attached hydrogens (primary N) is 2. The normalized spacial score (nSPS) is 11.5. The van der Waals surface area contributed by atoms with Crippen molar-refractivity contribution >= 4 is 23.2 Å². The van der Waals surface area contributed by atoms with Crippen LogP contribution in [-0.2, 0) is 19.0 Å². The number of rotatable bonds is 9. The molecular formula is C20H23ClF2N7O+.